The van der Waals surface area contributed by atoms with Gasteiger partial charge < -0.3 is 15.3 Å². The van der Waals surface area contributed by atoms with Crippen molar-refractivity contribution in [3.05, 3.63) is 48.1 Å². The Balaban J connectivity index is 1.45. The average molecular weight is 603 g/mol. The number of carbonyl (C=O) groups is 2. The Labute approximate surface area is 264 Å². The Morgan fingerprint density at radius 1 is 0.886 bits per heavy atom. The van der Waals surface area contributed by atoms with Crippen molar-refractivity contribution in [1.82, 2.24) is 0 Å². The lowest BCUT2D eigenvalue weighted by Crippen LogP contribution is -2.68. The van der Waals surface area contributed by atoms with E-state index >= 15 is 0 Å². The summed E-state index contributed by atoms with van der Waals surface area (Å²) in [6.45, 7) is 18.4. The van der Waals surface area contributed by atoms with Gasteiger partial charge in [0.2, 0.25) is 0 Å². The van der Waals surface area contributed by atoms with E-state index in [1.54, 1.807) is 36.4 Å². The van der Waals surface area contributed by atoms with Crippen LogP contribution in [-0.4, -0.2) is 33.2 Å². The van der Waals surface area contributed by atoms with Crippen molar-refractivity contribution < 1.29 is 24.9 Å². The minimum Gasteiger partial charge on any atom is -0.508 e. The van der Waals surface area contributed by atoms with Crippen LogP contribution in [-0.2, 0) is 9.59 Å². The quantitative estimate of drug-likeness (QED) is 0.233. The van der Waals surface area contributed by atoms with Crippen LogP contribution < -0.4 is 0 Å². The van der Waals surface area contributed by atoms with Crippen LogP contribution >= 0.6 is 0 Å². The summed E-state index contributed by atoms with van der Waals surface area (Å²) in [7, 11) is 0. The standard InChI is InChI=1S/C39H54O5/c1-23(2)26-16-21-39(34(43)44)28(29(41)14-10-24-8-11-25(40)12-9-24)22-38(7)27(33(26)39)13-15-31-36(5)19-18-32(42)35(3,4)30(36)17-20-37(31,38)6/h8-12,14,26-28,30-33,40,42H,1,13,15-22H2,2-7H3,(H,43,44)/t26-,27+,28-,30-,31+,32-,33+,36-,37+,38+,39-/m0/s1. The van der Waals surface area contributed by atoms with Crippen molar-refractivity contribution in [3.8, 4) is 5.75 Å². The molecule has 0 radical (unpaired) electrons. The van der Waals surface area contributed by atoms with Crippen molar-refractivity contribution in [2.24, 2.45) is 62.6 Å². The Kier molecular flexibility index (Phi) is 7.40. The van der Waals surface area contributed by atoms with Crippen LogP contribution in [0.1, 0.15) is 105 Å². The first-order valence-corrected chi connectivity index (χ1v) is 17.1. The van der Waals surface area contributed by atoms with E-state index in [-0.39, 0.29) is 57.1 Å². The number of aromatic hydroxyl groups is 1. The summed E-state index contributed by atoms with van der Waals surface area (Å²) in [5.74, 6) is -0.209. The van der Waals surface area contributed by atoms with Crippen LogP contribution in [0.2, 0.25) is 0 Å². The van der Waals surface area contributed by atoms with E-state index in [1.807, 2.05) is 0 Å². The molecule has 0 aromatic heterocycles. The van der Waals surface area contributed by atoms with Gasteiger partial charge in [0.25, 0.3) is 0 Å². The number of aliphatic hydroxyl groups excluding tert-OH is 1. The summed E-state index contributed by atoms with van der Waals surface area (Å²) in [6, 6.07) is 6.75. The molecule has 0 heterocycles. The van der Waals surface area contributed by atoms with Crippen molar-refractivity contribution in [2.75, 3.05) is 0 Å². The zero-order valence-corrected chi connectivity index (χ0v) is 27.7. The Hall–Kier alpha value is -2.40. The number of rotatable bonds is 5. The molecule has 1 aromatic carbocycles. The summed E-state index contributed by atoms with van der Waals surface area (Å²) in [6.07, 6.45) is 11.1. The van der Waals surface area contributed by atoms with E-state index in [4.69, 9.17) is 0 Å². The Bertz CT molecular complexity index is 1380. The molecule has 0 bridgehead atoms. The number of hydrogen-bond acceptors (Lipinski definition) is 4. The van der Waals surface area contributed by atoms with E-state index < -0.39 is 17.3 Å². The second kappa shape index (κ2) is 10.3. The molecule has 44 heavy (non-hydrogen) atoms. The van der Waals surface area contributed by atoms with E-state index in [0.29, 0.717) is 24.7 Å². The normalized spacial score (nSPS) is 45.9. The van der Waals surface area contributed by atoms with E-state index in [2.05, 4.69) is 48.1 Å². The third-order valence-electron chi connectivity index (χ3n) is 15.2. The zero-order chi connectivity index (χ0) is 32.0. The van der Waals surface area contributed by atoms with Gasteiger partial charge in [-0.05, 0) is 140 Å². The number of allylic oxidation sites excluding steroid dienone is 2. The van der Waals surface area contributed by atoms with Gasteiger partial charge in [0.1, 0.15) is 5.75 Å². The fourth-order valence-corrected chi connectivity index (χ4v) is 12.9. The highest BCUT2D eigenvalue weighted by atomic mass is 16.4. The molecule has 5 saturated carbocycles. The maximum absolute atomic E-state index is 14.4. The van der Waals surface area contributed by atoms with Gasteiger partial charge in [-0.2, -0.15) is 0 Å². The number of fused-ring (bicyclic) bond motifs is 7. The van der Waals surface area contributed by atoms with Crippen LogP contribution in [0.25, 0.3) is 6.08 Å². The molecule has 0 unspecified atom stereocenters. The molecule has 0 aliphatic heterocycles. The van der Waals surface area contributed by atoms with Crippen molar-refractivity contribution in [2.45, 2.75) is 105 Å². The number of ketones is 1. The Morgan fingerprint density at radius 3 is 2.20 bits per heavy atom. The minimum absolute atomic E-state index is 0.0361. The molecule has 1 aromatic rings. The van der Waals surface area contributed by atoms with Crippen LogP contribution in [0.4, 0.5) is 0 Å². The number of benzene rings is 1. The summed E-state index contributed by atoms with van der Waals surface area (Å²) < 4.78 is 0. The van der Waals surface area contributed by atoms with Gasteiger partial charge in [-0.3, -0.25) is 9.59 Å². The van der Waals surface area contributed by atoms with Crippen molar-refractivity contribution in [1.29, 1.82) is 0 Å². The van der Waals surface area contributed by atoms with Gasteiger partial charge in [0, 0.05) is 5.92 Å². The lowest BCUT2D eigenvalue weighted by atomic mass is 9.31. The molecule has 240 valence electrons. The van der Waals surface area contributed by atoms with E-state index in [0.717, 1.165) is 56.1 Å². The number of carbonyl (C=O) groups excluding carboxylic acids is 1. The SMILES string of the molecule is C=C(C)[C@@H]1CC[C@@]2(C(=O)O)[C@H]1[C@H]1CC[C@@H]3[C@@]4(C)CC[C@H](O)C(C)(C)[C@@H]4CC[C@@]3(C)[C@]1(C)C[C@H]2C(=O)C=Cc1ccc(O)cc1. The third-order valence-corrected chi connectivity index (χ3v) is 15.2. The molecule has 6 rings (SSSR count). The maximum atomic E-state index is 14.4. The monoisotopic (exact) mass is 602 g/mol. The lowest BCUT2D eigenvalue weighted by molar-refractivity contribution is -0.255. The first-order valence-electron chi connectivity index (χ1n) is 17.1. The average Bonchev–Trinajstić information content (AvgIpc) is 3.37. The van der Waals surface area contributed by atoms with Gasteiger partial charge in [-0.25, -0.2) is 0 Å². The Morgan fingerprint density at radius 2 is 1.57 bits per heavy atom. The predicted molar refractivity (Wildman–Crippen MR) is 174 cm³/mol. The molecule has 5 fully saturated rings. The van der Waals surface area contributed by atoms with Gasteiger partial charge >= 0.3 is 5.97 Å². The number of phenolic OH excluding ortho intramolecular Hbond substituents is 1. The van der Waals surface area contributed by atoms with Crippen molar-refractivity contribution in [3.63, 3.8) is 0 Å². The van der Waals surface area contributed by atoms with Crippen LogP contribution in [0.3, 0.4) is 0 Å². The largest absolute Gasteiger partial charge is 0.508 e. The van der Waals surface area contributed by atoms with E-state index in [9.17, 15) is 24.9 Å². The fraction of sp³-hybridized carbons (Fsp3) is 0.692. The van der Waals surface area contributed by atoms with Crippen LogP contribution in [0.5, 0.6) is 5.75 Å². The van der Waals surface area contributed by atoms with Gasteiger partial charge in [-0.1, -0.05) is 65.0 Å². The first-order chi connectivity index (χ1) is 20.5. The summed E-state index contributed by atoms with van der Waals surface area (Å²) >= 11 is 0. The topological polar surface area (TPSA) is 94.8 Å². The summed E-state index contributed by atoms with van der Waals surface area (Å²) in [5.41, 5.74) is 0.508. The molecular weight excluding hydrogens is 548 g/mol. The van der Waals surface area contributed by atoms with Gasteiger partial charge in [-0.15, -0.1) is 0 Å². The predicted octanol–water partition coefficient (Wildman–Crippen LogP) is 8.30. The smallest absolute Gasteiger partial charge is 0.310 e. The van der Waals surface area contributed by atoms with Crippen LogP contribution in [0.15, 0.2) is 42.5 Å². The third kappa shape index (κ3) is 4.12. The number of carboxylic acids is 1. The molecule has 0 saturated heterocycles. The summed E-state index contributed by atoms with van der Waals surface area (Å²) in [5, 5.41) is 31.9. The maximum Gasteiger partial charge on any atom is 0.310 e. The minimum atomic E-state index is -1.09. The molecule has 3 N–H and O–H groups in total. The number of hydrogen-bond donors (Lipinski definition) is 3. The molecule has 11 atom stereocenters. The number of aliphatic carboxylic acids is 1. The molecule has 0 spiro atoms. The molecule has 5 nitrogen and oxygen atoms in total. The lowest BCUT2D eigenvalue weighted by Gasteiger charge is -2.73. The van der Waals surface area contributed by atoms with Gasteiger partial charge in [0.05, 0.1) is 11.5 Å². The molecular formula is C39H54O5. The number of carboxylic acid groups (broad SMARTS) is 1. The first kappa shape index (κ1) is 31.6. The van der Waals surface area contributed by atoms with Crippen molar-refractivity contribution >= 4 is 17.8 Å². The number of phenols is 1. The molecule has 0 amide bonds. The van der Waals surface area contributed by atoms with E-state index in [1.165, 1.54) is 0 Å². The highest BCUT2D eigenvalue weighted by Gasteiger charge is 2.74. The second-order valence-electron chi connectivity index (χ2n) is 17.0. The molecule has 5 aliphatic carbocycles. The fourth-order valence-electron chi connectivity index (χ4n) is 12.9. The zero-order valence-electron chi connectivity index (χ0n) is 27.7. The summed E-state index contributed by atoms with van der Waals surface area (Å²) in [4.78, 5) is 28.0. The number of aliphatic hydroxyl groups is 1. The molecule has 5 aliphatic rings. The highest BCUT2D eigenvalue weighted by Crippen LogP contribution is 2.78. The highest BCUT2D eigenvalue weighted by molar-refractivity contribution is 5.99. The molecule has 5 heteroatoms. The van der Waals surface area contributed by atoms with Gasteiger partial charge in [0.15, 0.2) is 5.78 Å². The van der Waals surface area contributed by atoms with Crippen LogP contribution in [0, 0.1) is 62.6 Å². The second-order valence-corrected chi connectivity index (χ2v) is 17.0.